The third-order valence-electron chi connectivity index (χ3n) is 4.62. The third-order valence-corrected chi connectivity index (χ3v) is 5.42. The van der Waals surface area contributed by atoms with E-state index in [9.17, 15) is 4.79 Å². The van der Waals surface area contributed by atoms with Crippen molar-refractivity contribution in [2.45, 2.75) is 45.5 Å². The minimum absolute atomic E-state index is 0.0507. The number of aromatic nitrogens is 2. The van der Waals surface area contributed by atoms with Crippen LogP contribution in [0, 0.1) is 13.8 Å². The summed E-state index contributed by atoms with van der Waals surface area (Å²) in [6.07, 6.45) is 0. The molecule has 28 heavy (non-hydrogen) atoms. The first-order valence-electron chi connectivity index (χ1n) is 9.31. The largest absolute Gasteiger partial charge is 0.411 e. The number of rotatable bonds is 7. The van der Waals surface area contributed by atoms with Gasteiger partial charge in [-0.15, -0.1) is 10.2 Å². The van der Waals surface area contributed by atoms with Gasteiger partial charge in [-0.1, -0.05) is 48.2 Å². The fourth-order valence-electron chi connectivity index (χ4n) is 2.80. The van der Waals surface area contributed by atoms with Crippen LogP contribution in [0.4, 0.5) is 0 Å². The number of thioether (sulfide) groups is 1. The zero-order valence-electron chi connectivity index (χ0n) is 16.7. The molecule has 2 aromatic carbocycles. The molecule has 0 radical (unpaired) electrons. The molecule has 0 atom stereocenters. The van der Waals surface area contributed by atoms with Gasteiger partial charge in [0.05, 0.1) is 5.75 Å². The Hall–Kier alpha value is -2.60. The number of nitrogens with zero attached hydrogens (tertiary/aromatic N) is 3. The van der Waals surface area contributed by atoms with Crippen molar-refractivity contribution in [3.63, 3.8) is 0 Å². The van der Waals surface area contributed by atoms with E-state index in [1.807, 2.05) is 67.3 Å². The van der Waals surface area contributed by atoms with E-state index in [0.717, 1.165) is 11.1 Å². The first-order chi connectivity index (χ1) is 13.4. The molecule has 3 aromatic rings. The van der Waals surface area contributed by atoms with E-state index in [2.05, 4.69) is 24.0 Å². The Kier molecular flexibility index (Phi) is 6.52. The van der Waals surface area contributed by atoms with Crippen LogP contribution in [0.1, 0.15) is 30.5 Å². The van der Waals surface area contributed by atoms with Crippen molar-refractivity contribution in [1.82, 2.24) is 15.1 Å². The second kappa shape index (κ2) is 9.06. The maximum absolute atomic E-state index is 12.7. The summed E-state index contributed by atoms with van der Waals surface area (Å²) in [6, 6.07) is 16.2. The molecule has 0 N–H and O–H groups in total. The molecule has 0 aliphatic rings. The fraction of sp³-hybridized carbons (Fsp3) is 0.318. The summed E-state index contributed by atoms with van der Waals surface area (Å²) in [5.41, 5.74) is 4.40. The van der Waals surface area contributed by atoms with Crippen molar-refractivity contribution in [3.05, 3.63) is 65.2 Å². The zero-order chi connectivity index (χ0) is 20.1. The molecule has 0 saturated heterocycles. The lowest BCUT2D eigenvalue weighted by atomic mass is 10.1. The van der Waals surface area contributed by atoms with E-state index in [4.69, 9.17) is 4.42 Å². The van der Waals surface area contributed by atoms with Gasteiger partial charge in [-0.3, -0.25) is 4.79 Å². The average Bonchev–Trinajstić information content (AvgIpc) is 3.16. The molecule has 1 heterocycles. The Bertz CT molecular complexity index is 938. The number of carbonyl (C=O) groups is 1. The molecule has 0 fully saturated rings. The molecular weight excluding hydrogens is 370 g/mol. The molecule has 6 heteroatoms. The van der Waals surface area contributed by atoms with Gasteiger partial charge in [0.1, 0.15) is 0 Å². The fourth-order valence-corrected chi connectivity index (χ4v) is 3.45. The number of hydrogen-bond donors (Lipinski definition) is 0. The van der Waals surface area contributed by atoms with Crippen LogP contribution in [0.15, 0.2) is 58.2 Å². The second-order valence-corrected chi connectivity index (χ2v) is 7.99. The van der Waals surface area contributed by atoms with Crippen molar-refractivity contribution in [3.8, 4) is 11.5 Å². The van der Waals surface area contributed by atoms with E-state index in [1.165, 1.54) is 22.9 Å². The summed E-state index contributed by atoms with van der Waals surface area (Å²) in [6.45, 7) is 8.76. The highest BCUT2D eigenvalue weighted by Crippen LogP contribution is 2.25. The molecule has 0 spiro atoms. The van der Waals surface area contributed by atoms with E-state index in [0.29, 0.717) is 17.7 Å². The normalized spacial score (nSPS) is 11.0. The van der Waals surface area contributed by atoms with Gasteiger partial charge in [-0.05, 0) is 56.5 Å². The Morgan fingerprint density at radius 3 is 2.50 bits per heavy atom. The summed E-state index contributed by atoms with van der Waals surface area (Å²) in [4.78, 5) is 14.6. The maximum Gasteiger partial charge on any atom is 0.277 e. The quantitative estimate of drug-likeness (QED) is 0.534. The highest BCUT2D eigenvalue weighted by molar-refractivity contribution is 7.99. The van der Waals surface area contributed by atoms with Crippen molar-refractivity contribution >= 4 is 17.7 Å². The lowest BCUT2D eigenvalue weighted by molar-refractivity contribution is -0.130. The van der Waals surface area contributed by atoms with E-state index in [-0.39, 0.29) is 17.7 Å². The molecule has 5 nitrogen and oxygen atoms in total. The van der Waals surface area contributed by atoms with Gasteiger partial charge in [0, 0.05) is 18.2 Å². The summed E-state index contributed by atoms with van der Waals surface area (Å²) >= 11 is 1.28. The average molecular weight is 396 g/mol. The van der Waals surface area contributed by atoms with Crippen LogP contribution in [0.25, 0.3) is 11.5 Å². The predicted octanol–water partition coefficient (Wildman–Crippen LogP) is 4.88. The number of hydrogen-bond acceptors (Lipinski definition) is 5. The lowest BCUT2D eigenvalue weighted by Crippen LogP contribution is -2.37. The van der Waals surface area contributed by atoms with Gasteiger partial charge in [0.15, 0.2) is 0 Å². The predicted molar refractivity (Wildman–Crippen MR) is 112 cm³/mol. The lowest BCUT2D eigenvalue weighted by Gasteiger charge is -2.26. The van der Waals surface area contributed by atoms with E-state index in [1.54, 1.807) is 0 Å². The van der Waals surface area contributed by atoms with Crippen LogP contribution >= 0.6 is 11.8 Å². The van der Waals surface area contributed by atoms with Gasteiger partial charge in [0.2, 0.25) is 11.8 Å². The number of amides is 1. The summed E-state index contributed by atoms with van der Waals surface area (Å²) in [7, 11) is 0. The highest BCUT2D eigenvalue weighted by atomic mass is 32.2. The summed E-state index contributed by atoms with van der Waals surface area (Å²) in [5.74, 6) is 0.789. The Morgan fingerprint density at radius 2 is 1.82 bits per heavy atom. The Balaban J connectivity index is 1.63. The first kappa shape index (κ1) is 20.1. The van der Waals surface area contributed by atoms with Gasteiger partial charge < -0.3 is 9.32 Å². The van der Waals surface area contributed by atoms with Gasteiger partial charge in [-0.2, -0.15) is 0 Å². The zero-order valence-corrected chi connectivity index (χ0v) is 17.5. The summed E-state index contributed by atoms with van der Waals surface area (Å²) < 4.78 is 5.74. The minimum atomic E-state index is 0.0507. The monoisotopic (exact) mass is 395 g/mol. The van der Waals surface area contributed by atoms with Gasteiger partial charge in [-0.25, -0.2) is 0 Å². The van der Waals surface area contributed by atoms with Crippen molar-refractivity contribution in [2.24, 2.45) is 0 Å². The van der Waals surface area contributed by atoms with Crippen molar-refractivity contribution in [1.29, 1.82) is 0 Å². The maximum atomic E-state index is 12.7. The summed E-state index contributed by atoms with van der Waals surface area (Å²) in [5, 5.41) is 8.61. The van der Waals surface area contributed by atoms with Crippen LogP contribution in [-0.2, 0) is 11.3 Å². The molecule has 1 aromatic heterocycles. The van der Waals surface area contributed by atoms with E-state index < -0.39 is 0 Å². The number of aryl methyl sites for hydroxylation is 2. The smallest absolute Gasteiger partial charge is 0.277 e. The van der Waals surface area contributed by atoms with Crippen molar-refractivity contribution in [2.75, 3.05) is 5.75 Å². The first-order valence-corrected chi connectivity index (χ1v) is 10.3. The van der Waals surface area contributed by atoms with Crippen LogP contribution in [0.2, 0.25) is 0 Å². The van der Waals surface area contributed by atoms with Crippen molar-refractivity contribution < 1.29 is 9.21 Å². The molecule has 146 valence electrons. The molecule has 0 saturated carbocycles. The van der Waals surface area contributed by atoms with Crippen LogP contribution in [0.3, 0.4) is 0 Å². The third kappa shape index (κ3) is 5.01. The van der Waals surface area contributed by atoms with E-state index >= 15 is 0 Å². The van der Waals surface area contributed by atoms with Gasteiger partial charge in [0.25, 0.3) is 5.22 Å². The molecule has 0 aliphatic heterocycles. The van der Waals surface area contributed by atoms with Crippen LogP contribution in [0.5, 0.6) is 0 Å². The minimum Gasteiger partial charge on any atom is -0.411 e. The van der Waals surface area contributed by atoms with Crippen LogP contribution < -0.4 is 0 Å². The molecule has 0 unspecified atom stereocenters. The molecule has 0 aliphatic carbocycles. The molecule has 3 rings (SSSR count). The Morgan fingerprint density at radius 1 is 1.07 bits per heavy atom. The van der Waals surface area contributed by atoms with Gasteiger partial charge >= 0.3 is 0 Å². The van der Waals surface area contributed by atoms with Crippen LogP contribution in [-0.4, -0.2) is 32.8 Å². The number of carbonyl (C=O) groups excluding carboxylic acids is 1. The topological polar surface area (TPSA) is 59.2 Å². The molecule has 1 amide bonds. The Labute approximate surface area is 170 Å². The highest BCUT2D eigenvalue weighted by Gasteiger charge is 2.19. The molecule has 0 bridgehead atoms. The second-order valence-electron chi connectivity index (χ2n) is 7.06. The SMILES string of the molecule is Cc1ccc(-c2nnc(SCC(=O)N(Cc3ccccc3)C(C)C)o2)cc1C. The molecular formula is C22H25N3O2S. The number of benzene rings is 2. The standard InChI is InChI=1S/C22H25N3O2S/c1-15(2)25(13-18-8-6-5-7-9-18)20(26)14-28-22-24-23-21(27-22)19-11-10-16(3)17(4)12-19/h5-12,15H,13-14H2,1-4H3.